The van der Waals surface area contributed by atoms with E-state index in [2.05, 4.69) is 4.90 Å². The highest BCUT2D eigenvalue weighted by molar-refractivity contribution is 5.86. The van der Waals surface area contributed by atoms with E-state index in [-0.39, 0.29) is 30.0 Å². The van der Waals surface area contributed by atoms with E-state index >= 15 is 0 Å². The first kappa shape index (κ1) is 18.0. The molecule has 4 atom stereocenters. The minimum Gasteiger partial charge on any atom is -0.465 e. The number of hydrogen-bond acceptors (Lipinski definition) is 5. The van der Waals surface area contributed by atoms with E-state index in [0.29, 0.717) is 6.61 Å². The molecule has 0 aromatic heterocycles. The van der Waals surface area contributed by atoms with Crippen LogP contribution in [0, 0.1) is 5.41 Å². The van der Waals surface area contributed by atoms with Gasteiger partial charge in [0.25, 0.3) is 0 Å². The van der Waals surface area contributed by atoms with Crippen molar-refractivity contribution in [1.29, 1.82) is 0 Å². The lowest BCUT2D eigenvalue weighted by atomic mass is 9.90. The fourth-order valence-electron chi connectivity index (χ4n) is 4.80. The first-order valence-corrected chi connectivity index (χ1v) is 9.75. The molecule has 0 aromatic rings. The lowest BCUT2D eigenvalue weighted by molar-refractivity contribution is -0.151. The Kier molecular flexibility index (Phi) is 4.61. The van der Waals surface area contributed by atoms with Crippen LogP contribution in [0.25, 0.3) is 0 Å². The number of likely N-dealkylation sites (tertiary alicyclic amines) is 1. The van der Waals surface area contributed by atoms with Crippen LogP contribution in [-0.4, -0.2) is 94.1 Å². The third-order valence-corrected chi connectivity index (χ3v) is 6.83. The number of aliphatic hydroxyl groups excluding tert-OH is 1. The van der Waals surface area contributed by atoms with Gasteiger partial charge >= 0.3 is 6.09 Å². The number of fused-ring (bicyclic) bond motifs is 1. The number of aliphatic hydroxyl groups is 1. The molecule has 1 aliphatic carbocycles. The largest absolute Gasteiger partial charge is 0.465 e. The smallest absolute Gasteiger partial charge is 0.408 e. The summed E-state index contributed by atoms with van der Waals surface area (Å²) in [5.41, 5.74) is 0.232. The molecular weight excluding hydrogens is 338 g/mol. The first-order valence-electron chi connectivity index (χ1n) is 9.75. The van der Waals surface area contributed by atoms with E-state index < -0.39 is 18.4 Å². The van der Waals surface area contributed by atoms with Crippen LogP contribution < -0.4 is 0 Å². The van der Waals surface area contributed by atoms with Crippen LogP contribution in [0.1, 0.15) is 39.0 Å². The molecule has 4 aliphatic rings. The van der Waals surface area contributed by atoms with Gasteiger partial charge in [-0.2, -0.15) is 0 Å². The Bertz CT molecular complexity index is 581. The predicted molar refractivity (Wildman–Crippen MR) is 92.5 cm³/mol. The third kappa shape index (κ3) is 3.08. The number of carboxylic acid groups (broad SMARTS) is 1. The van der Waals surface area contributed by atoms with E-state index in [9.17, 15) is 19.8 Å². The molecule has 3 heterocycles. The molecule has 1 unspecified atom stereocenters. The molecule has 8 heteroatoms. The van der Waals surface area contributed by atoms with Crippen molar-refractivity contribution in [1.82, 2.24) is 14.7 Å². The Morgan fingerprint density at radius 2 is 2.08 bits per heavy atom. The zero-order chi connectivity index (χ0) is 18.5. The summed E-state index contributed by atoms with van der Waals surface area (Å²) in [6.07, 6.45) is 3.51. The molecule has 0 bridgehead atoms. The Morgan fingerprint density at radius 1 is 1.31 bits per heavy atom. The quantitative estimate of drug-likeness (QED) is 0.754. The number of carbonyl (C=O) groups is 2. The molecule has 2 amide bonds. The summed E-state index contributed by atoms with van der Waals surface area (Å²) >= 11 is 0. The second kappa shape index (κ2) is 6.65. The summed E-state index contributed by atoms with van der Waals surface area (Å²) in [6, 6.07) is -0.629. The van der Waals surface area contributed by atoms with Gasteiger partial charge in [0.1, 0.15) is 6.04 Å². The van der Waals surface area contributed by atoms with Gasteiger partial charge in [0.2, 0.25) is 5.91 Å². The lowest BCUT2D eigenvalue weighted by Gasteiger charge is -2.41. The van der Waals surface area contributed by atoms with E-state index in [0.717, 1.165) is 43.8 Å². The van der Waals surface area contributed by atoms with Crippen LogP contribution in [0.15, 0.2) is 0 Å². The average Bonchev–Trinajstić information content (AvgIpc) is 3.27. The van der Waals surface area contributed by atoms with Gasteiger partial charge in [-0.3, -0.25) is 9.69 Å². The number of rotatable bonds is 4. The fourth-order valence-corrected chi connectivity index (χ4v) is 4.80. The van der Waals surface area contributed by atoms with Crippen molar-refractivity contribution in [3.8, 4) is 0 Å². The van der Waals surface area contributed by atoms with E-state index in [4.69, 9.17) is 4.74 Å². The molecule has 4 fully saturated rings. The number of amides is 2. The highest BCUT2D eigenvalue weighted by atomic mass is 16.5. The van der Waals surface area contributed by atoms with Gasteiger partial charge in [-0.05, 0) is 57.5 Å². The third-order valence-electron chi connectivity index (χ3n) is 6.83. The van der Waals surface area contributed by atoms with Crippen molar-refractivity contribution < 1.29 is 24.5 Å². The molecule has 146 valence electrons. The zero-order valence-electron chi connectivity index (χ0n) is 15.3. The number of piperidine rings is 1. The number of carbonyl (C=O) groups excluding carboxylic acids is 1. The molecule has 1 saturated carbocycles. The standard InChI is InChI=1S/C18H29N3O5/c1-12-16(23)21-13(11-26-15(21)10-20(12)17(24)25)3-2-7-19-8-6-18(4-5-18)14(22)9-19/h12-15,22H,2-11H2,1H3,(H,24,25)/t12-,13-,14?,15+/m0/s1. The molecular formula is C18H29N3O5. The van der Waals surface area contributed by atoms with Crippen molar-refractivity contribution >= 4 is 12.0 Å². The Morgan fingerprint density at radius 3 is 2.73 bits per heavy atom. The van der Waals surface area contributed by atoms with Gasteiger partial charge in [0.05, 0.1) is 25.3 Å². The average molecular weight is 367 g/mol. The summed E-state index contributed by atoms with van der Waals surface area (Å²) in [5, 5.41) is 19.5. The lowest BCUT2D eigenvalue weighted by Crippen LogP contribution is -2.61. The number of β-amino-alcohol motifs (C(OH)–C–C–N with tert-alkyl or cyclic N) is 1. The predicted octanol–water partition coefficient (Wildman–Crippen LogP) is 0.549. The van der Waals surface area contributed by atoms with Gasteiger partial charge in [-0.15, -0.1) is 0 Å². The van der Waals surface area contributed by atoms with Crippen LogP contribution in [0.5, 0.6) is 0 Å². The van der Waals surface area contributed by atoms with Gasteiger partial charge < -0.3 is 24.7 Å². The number of piperazine rings is 1. The van der Waals surface area contributed by atoms with Crippen molar-refractivity contribution in [3.63, 3.8) is 0 Å². The molecule has 0 aromatic carbocycles. The van der Waals surface area contributed by atoms with Crippen molar-refractivity contribution in [2.24, 2.45) is 5.41 Å². The highest BCUT2D eigenvalue weighted by Gasteiger charge is 2.51. The minimum absolute atomic E-state index is 0.0235. The van der Waals surface area contributed by atoms with Gasteiger partial charge in [0, 0.05) is 6.54 Å². The summed E-state index contributed by atoms with van der Waals surface area (Å²) in [7, 11) is 0. The summed E-state index contributed by atoms with van der Waals surface area (Å²) < 4.78 is 5.71. The zero-order valence-corrected chi connectivity index (χ0v) is 15.3. The maximum absolute atomic E-state index is 12.6. The first-order chi connectivity index (χ1) is 12.4. The topological polar surface area (TPSA) is 93.6 Å². The number of ether oxygens (including phenoxy) is 1. The maximum Gasteiger partial charge on any atom is 0.408 e. The second-order valence-corrected chi connectivity index (χ2v) is 8.37. The monoisotopic (exact) mass is 367 g/mol. The molecule has 2 N–H and O–H groups in total. The molecule has 3 aliphatic heterocycles. The van der Waals surface area contributed by atoms with Crippen LogP contribution in [0.3, 0.4) is 0 Å². The summed E-state index contributed by atoms with van der Waals surface area (Å²) in [4.78, 5) is 29.1. The van der Waals surface area contributed by atoms with Crippen molar-refractivity contribution in [2.45, 2.75) is 63.4 Å². The van der Waals surface area contributed by atoms with Gasteiger partial charge in [-0.25, -0.2) is 4.79 Å². The van der Waals surface area contributed by atoms with Gasteiger partial charge in [0.15, 0.2) is 6.23 Å². The minimum atomic E-state index is -1.07. The van der Waals surface area contributed by atoms with Crippen LogP contribution in [-0.2, 0) is 9.53 Å². The fraction of sp³-hybridized carbons (Fsp3) is 0.889. The van der Waals surface area contributed by atoms with Crippen LogP contribution >= 0.6 is 0 Å². The second-order valence-electron chi connectivity index (χ2n) is 8.37. The molecule has 0 radical (unpaired) electrons. The number of hydrogen-bond donors (Lipinski definition) is 2. The number of nitrogens with zero attached hydrogens (tertiary/aromatic N) is 3. The molecule has 8 nitrogen and oxygen atoms in total. The van der Waals surface area contributed by atoms with E-state index in [1.807, 2.05) is 0 Å². The normalized spacial score (nSPS) is 36.5. The van der Waals surface area contributed by atoms with Crippen molar-refractivity contribution in [3.05, 3.63) is 0 Å². The summed E-state index contributed by atoms with van der Waals surface area (Å²) in [5.74, 6) is -0.157. The molecule has 3 saturated heterocycles. The molecule has 26 heavy (non-hydrogen) atoms. The van der Waals surface area contributed by atoms with Crippen LogP contribution in [0.4, 0.5) is 4.79 Å². The maximum atomic E-state index is 12.6. The Hall–Kier alpha value is -1.38. The SMILES string of the molecule is C[C@H]1C(=O)N2[C@@H](CCCN3CCC4(CC4)C(O)C3)CO[C@@H]2CN1C(=O)O. The highest BCUT2D eigenvalue weighted by Crippen LogP contribution is 2.53. The van der Waals surface area contributed by atoms with Crippen LogP contribution in [0.2, 0.25) is 0 Å². The molecule has 1 spiro atoms. The van der Waals surface area contributed by atoms with E-state index in [1.54, 1.807) is 11.8 Å². The Balaban J connectivity index is 1.27. The summed E-state index contributed by atoms with van der Waals surface area (Å²) in [6.45, 7) is 5.07. The van der Waals surface area contributed by atoms with E-state index in [1.165, 1.54) is 12.8 Å². The Labute approximate surface area is 153 Å². The van der Waals surface area contributed by atoms with Crippen molar-refractivity contribution in [2.75, 3.05) is 32.8 Å². The van der Waals surface area contributed by atoms with Gasteiger partial charge in [-0.1, -0.05) is 0 Å². The molecule has 4 rings (SSSR count).